The Morgan fingerprint density at radius 1 is 1.45 bits per heavy atom. The second-order valence-corrected chi connectivity index (χ2v) is 5.26. The van der Waals surface area contributed by atoms with Crippen molar-refractivity contribution in [2.75, 3.05) is 20.3 Å². The van der Waals surface area contributed by atoms with Crippen LogP contribution in [0.1, 0.15) is 23.2 Å². The van der Waals surface area contributed by atoms with Gasteiger partial charge >= 0.3 is 0 Å². The lowest BCUT2D eigenvalue weighted by Crippen LogP contribution is -2.55. The van der Waals surface area contributed by atoms with Gasteiger partial charge in [0.25, 0.3) is 5.91 Å². The van der Waals surface area contributed by atoms with Gasteiger partial charge < -0.3 is 14.4 Å². The molecule has 1 amide bonds. The maximum Gasteiger partial charge on any atom is 0.254 e. The minimum Gasteiger partial charge on any atom is -0.379 e. The number of hydrogen-bond donors (Lipinski definition) is 0. The maximum absolute atomic E-state index is 13.3. The smallest absolute Gasteiger partial charge is 0.254 e. The molecule has 0 saturated carbocycles. The third-order valence-electron chi connectivity index (χ3n) is 4.16. The van der Waals surface area contributed by atoms with Crippen LogP contribution in [0.25, 0.3) is 0 Å². The van der Waals surface area contributed by atoms with E-state index in [2.05, 4.69) is 0 Å². The summed E-state index contributed by atoms with van der Waals surface area (Å²) in [6.45, 7) is 1.26. The Morgan fingerprint density at radius 3 is 3.05 bits per heavy atom. The molecule has 0 radical (unpaired) electrons. The summed E-state index contributed by atoms with van der Waals surface area (Å²) in [5, 5.41) is 0. The molecule has 20 heavy (non-hydrogen) atoms. The van der Waals surface area contributed by atoms with Crippen molar-refractivity contribution < 1.29 is 18.7 Å². The molecule has 3 atom stereocenters. The van der Waals surface area contributed by atoms with Crippen molar-refractivity contribution in [1.29, 1.82) is 0 Å². The van der Waals surface area contributed by atoms with Crippen molar-refractivity contribution in [1.82, 2.24) is 4.90 Å². The highest BCUT2D eigenvalue weighted by Crippen LogP contribution is 2.31. The van der Waals surface area contributed by atoms with Crippen LogP contribution in [0.5, 0.6) is 0 Å². The van der Waals surface area contributed by atoms with Crippen molar-refractivity contribution in [2.24, 2.45) is 0 Å². The molecule has 0 aromatic heterocycles. The summed E-state index contributed by atoms with van der Waals surface area (Å²) in [5.74, 6) is -0.513. The number of carbonyl (C=O) groups excluding carboxylic acids is 1. The average molecular weight is 279 g/mol. The number of likely N-dealkylation sites (tertiary alicyclic amines) is 1. The molecule has 0 aliphatic carbocycles. The van der Waals surface area contributed by atoms with Gasteiger partial charge in [0.15, 0.2) is 0 Å². The number of carbonyl (C=O) groups is 1. The Bertz CT molecular complexity index is 508. The molecular formula is C15H18FNO3. The summed E-state index contributed by atoms with van der Waals surface area (Å²) in [7, 11) is 1.67. The molecule has 3 rings (SSSR count). The zero-order chi connectivity index (χ0) is 14.1. The van der Waals surface area contributed by atoms with E-state index in [0.717, 1.165) is 12.8 Å². The van der Waals surface area contributed by atoms with E-state index in [1.165, 1.54) is 12.1 Å². The van der Waals surface area contributed by atoms with Gasteiger partial charge in [0.1, 0.15) is 11.9 Å². The maximum atomic E-state index is 13.3. The van der Waals surface area contributed by atoms with E-state index in [1.54, 1.807) is 19.2 Å². The summed E-state index contributed by atoms with van der Waals surface area (Å²) in [6, 6.07) is 5.88. The summed E-state index contributed by atoms with van der Waals surface area (Å²) in [5.41, 5.74) is 0.395. The largest absolute Gasteiger partial charge is 0.379 e. The number of hydrogen-bond acceptors (Lipinski definition) is 3. The highest BCUT2D eigenvalue weighted by Gasteiger charge is 2.44. The van der Waals surface area contributed by atoms with E-state index < -0.39 is 0 Å². The number of halogens is 1. The van der Waals surface area contributed by atoms with E-state index in [4.69, 9.17) is 9.47 Å². The zero-order valence-corrected chi connectivity index (χ0v) is 11.4. The van der Waals surface area contributed by atoms with Crippen molar-refractivity contribution in [3.05, 3.63) is 35.6 Å². The third kappa shape index (κ3) is 2.31. The number of benzene rings is 1. The minimum absolute atomic E-state index is 0.0319. The first-order chi connectivity index (χ1) is 9.70. The molecule has 0 bridgehead atoms. The van der Waals surface area contributed by atoms with Crippen molar-refractivity contribution >= 4 is 5.91 Å². The molecule has 2 aliphatic rings. The predicted molar refractivity (Wildman–Crippen MR) is 71.0 cm³/mol. The molecule has 5 heteroatoms. The van der Waals surface area contributed by atoms with Gasteiger partial charge in [-0.05, 0) is 31.0 Å². The van der Waals surface area contributed by atoms with Gasteiger partial charge in [-0.15, -0.1) is 0 Å². The SMILES string of the molecule is CO[C@H]1CCN(C(=O)c2cccc(F)c2)[C@H]2CCO[C@H]12. The van der Waals surface area contributed by atoms with Gasteiger partial charge in [0, 0.05) is 25.8 Å². The fraction of sp³-hybridized carbons (Fsp3) is 0.533. The summed E-state index contributed by atoms with van der Waals surface area (Å²) < 4.78 is 24.4. The lowest BCUT2D eigenvalue weighted by atomic mass is 9.94. The highest BCUT2D eigenvalue weighted by molar-refractivity contribution is 5.94. The Labute approximate surface area is 117 Å². The summed E-state index contributed by atoms with van der Waals surface area (Å²) >= 11 is 0. The predicted octanol–water partition coefficient (Wildman–Crippen LogP) is 1.84. The molecule has 4 nitrogen and oxygen atoms in total. The van der Waals surface area contributed by atoms with Crippen LogP contribution in [0.15, 0.2) is 24.3 Å². The van der Waals surface area contributed by atoms with Crippen LogP contribution >= 0.6 is 0 Å². The summed E-state index contributed by atoms with van der Waals surface area (Å²) in [4.78, 5) is 14.4. The number of rotatable bonds is 2. The van der Waals surface area contributed by atoms with Gasteiger partial charge in [-0.3, -0.25) is 4.79 Å². The molecule has 0 spiro atoms. The van der Waals surface area contributed by atoms with Gasteiger partial charge in [0.2, 0.25) is 0 Å². The quantitative estimate of drug-likeness (QED) is 0.829. The molecule has 2 fully saturated rings. The molecule has 108 valence electrons. The van der Waals surface area contributed by atoms with Crippen LogP contribution in [0, 0.1) is 5.82 Å². The Morgan fingerprint density at radius 2 is 2.30 bits per heavy atom. The fourth-order valence-corrected chi connectivity index (χ4v) is 3.18. The van der Waals surface area contributed by atoms with Crippen molar-refractivity contribution in [3.8, 4) is 0 Å². The number of piperidine rings is 1. The van der Waals surface area contributed by atoms with E-state index in [0.29, 0.717) is 18.7 Å². The van der Waals surface area contributed by atoms with Crippen LogP contribution in [-0.2, 0) is 9.47 Å². The first kappa shape index (κ1) is 13.5. The molecule has 2 heterocycles. The van der Waals surface area contributed by atoms with E-state index >= 15 is 0 Å². The Hall–Kier alpha value is -1.46. The molecule has 1 aromatic carbocycles. The zero-order valence-electron chi connectivity index (χ0n) is 11.4. The van der Waals surface area contributed by atoms with Gasteiger partial charge in [0.05, 0.1) is 12.1 Å². The molecule has 1 aromatic rings. The number of amides is 1. The monoisotopic (exact) mass is 279 g/mol. The Balaban J connectivity index is 1.82. The molecule has 0 N–H and O–H groups in total. The first-order valence-electron chi connectivity index (χ1n) is 6.91. The van der Waals surface area contributed by atoms with Crippen LogP contribution in [-0.4, -0.2) is 49.3 Å². The van der Waals surface area contributed by atoms with Gasteiger partial charge in [-0.2, -0.15) is 0 Å². The molecule has 2 saturated heterocycles. The normalized spacial score (nSPS) is 29.3. The highest BCUT2D eigenvalue weighted by atomic mass is 19.1. The van der Waals surface area contributed by atoms with Crippen LogP contribution < -0.4 is 0 Å². The molecule has 0 unspecified atom stereocenters. The lowest BCUT2D eigenvalue weighted by Gasteiger charge is -2.40. The molecule has 2 aliphatic heterocycles. The molecular weight excluding hydrogens is 261 g/mol. The second-order valence-electron chi connectivity index (χ2n) is 5.26. The topological polar surface area (TPSA) is 38.8 Å². The van der Waals surface area contributed by atoms with Crippen LogP contribution in [0.2, 0.25) is 0 Å². The average Bonchev–Trinajstić information content (AvgIpc) is 2.95. The number of fused-ring (bicyclic) bond motifs is 1. The number of methoxy groups -OCH3 is 1. The number of ether oxygens (including phenoxy) is 2. The Kier molecular flexibility index (Phi) is 3.72. The lowest BCUT2D eigenvalue weighted by molar-refractivity contribution is -0.0754. The second kappa shape index (κ2) is 5.50. The third-order valence-corrected chi connectivity index (χ3v) is 4.16. The standard InChI is InChI=1S/C15H18FNO3/c1-19-13-5-7-17(12-6-8-20-14(12)13)15(18)10-3-2-4-11(16)9-10/h2-4,9,12-14H,5-8H2,1H3/t12-,13-,14-/m0/s1. The van der Waals surface area contributed by atoms with Gasteiger partial charge in [-0.25, -0.2) is 4.39 Å². The minimum atomic E-state index is -0.387. The van der Waals surface area contributed by atoms with Crippen molar-refractivity contribution in [2.45, 2.75) is 31.1 Å². The van der Waals surface area contributed by atoms with E-state index in [-0.39, 0.29) is 30.0 Å². The van der Waals surface area contributed by atoms with E-state index in [9.17, 15) is 9.18 Å². The van der Waals surface area contributed by atoms with Gasteiger partial charge in [-0.1, -0.05) is 6.07 Å². The first-order valence-corrected chi connectivity index (χ1v) is 6.91. The van der Waals surface area contributed by atoms with Crippen molar-refractivity contribution in [3.63, 3.8) is 0 Å². The van der Waals surface area contributed by atoms with E-state index in [1.807, 2.05) is 4.90 Å². The number of nitrogens with zero attached hydrogens (tertiary/aromatic N) is 1. The summed E-state index contributed by atoms with van der Waals surface area (Å²) in [6.07, 6.45) is 1.54. The fourth-order valence-electron chi connectivity index (χ4n) is 3.18. The van der Waals surface area contributed by atoms with Crippen LogP contribution in [0.4, 0.5) is 4.39 Å². The van der Waals surface area contributed by atoms with Crippen LogP contribution in [0.3, 0.4) is 0 Å².